The van der Waals surface area contributed by atoms with Gasteiger partial charge >= 0.3 is 0 Å². The number of hydrogen-bond acceptors (Lipinski definition) is 5. The van der Waals surface area contributed by atoms with E-state index in [1.165, 1.54) is 19.3 Å². The van der Waals surface area contributed by atoms with Gasteiger partial charge in [-0.05, 0) is 24.3 Å². The van der Waals surface area contributed by atoms with Gasteiger partial charge in [0.05, 0.1) is 12.7 Å². The molecule has 166 valence electrons. The van der Waals surface area contributed by atoms with Crippen LogP contribution in [0.25, 0.3) is 0 Å². The minimum absolute atomic E-state index is 0.172. The lowest BCUT2D eigenvalue weighted by Gasteiger charge is -2.44. The molecule has 0 spiro atoms. The summed E-state index contributed by atoms with van der Waals surface area (Å²) in [5, 5.41) is 10.9. The van der Waals surface area contributed by atoms with Gasteiger partial charge in [0, 0.05) is 13.7 Å². The number of unbranched alkanes of at least 4 members (excludes halogenated alkanes) is 4. The van der Waals surface area contributed by atoms with Crippen LogP contribution in [-0.2, 0) is 25.6 Å². The van der Waals surface area contributed by atoms with Crippen LogP contribution >= 0.6 is 0 Å². The van der Waals surface area contributed by atoms with Crippen LogP contribution in [0.3, 0.4) is 0 Å². The standard InChI is InChI=1S/C24H40O5/c1-5-6-7-8-12-15-27-23-21(25)24(28-17-19-13-10-9-11-14-19)29-20(16-18(2)3)22(23)26-4/h9-11,13-14,18,20-25H,5-8,12,15-17H2,1-4H3/t20-,21-,22-,23-,24+/m1/s1. The first-order valence-electron chi connectivity index (χ1n) is 11.2. The Bertz CT molecular complexity index is 535. The molecule has 2 rings (SSSR count). The average molecular weight is 409 g/mol. The summed E-state index contributed by atoms with van der Waals surface area (Å²) in [4.78, 5) is 0. The maximum Gasteiger partial charge on any atom is 0.186 e. The SMILES string of the molecule is CCCCCCCO[C@@H]1[C@@H](O)[C@@H](OCc2ccccc2)O[C@H](CC(C)C)[C@H]1OC. The van der Waals surface area contributed by atoms with Gasteiger partial charge in [-0.25, -0.2) is 0 Å². The molecule has 0 bridgehead atoms. The van der Waals surface area contributed by atoms with Crippen molar-refractivity contribution in [1.29, 1.82) is 0 Å². The van der Waals surface area contributed by atoms with Crippen molar-refractivity contribution >= 4 is 0 Å². The molecule has 5 atom stereocenters. The van der Waals surface area contributed by atoms with Crippen molar-refractivity contribution in [2.24, 2.45) is 5.92 Å². The fourth-order valence-corrected chi connectivity index (χ4v) is 3.84. The number of methoxy groups -OCH3 is 1. The molecule has 1 aromatic carbocycles. The molecule has 1 aliphatic heterocycles. The quantitative estimate of drug-likeness (QED) is 0.479. The normalized spacial score (nSPS) is 27.4. The molecule has 5 nitrogen and oxygen atoms in total. The van der Waals surface area contributed by atoms with E-state index in [-0.39, 0.29) is 12.2 Å². The molecular weight excluding hydrogens is 368 g/mol. The van der Waals surface area contributed by atoms with E-state index in [4.69, 9.17) is 18.9 Å². The monoisotopic (exact) mass is 408 g/mol. The highest BCUT2D eigenvalue weighted by atomic mass is 16.7. The van der Waals surface area contributed by atoms with Gasteiger partial charge in [0.2, 0.25) is 0 Å². The summed E-state index contributed by atoms with van der Waals surface area (Å²) in [6, 6.07) is 9.93. The topological polar surface area (TPSA) is 57.2 Å². The molecule has 0 aromatic heterocycles. The molecular formula is C24H40O5. The molecule has 0 saturated carbocycles. The molecule has 0 radical (unpaired) electrons. The van der Waals surface area contributed by atoms with Crippen molar-refractivity contribution in [1.82, 2.24) is 0 Å². The molecule has 0 unspecified atom stereocenters. The lowest BCUT2D eigenvalue weighted by atomic mass is 9.92. The number of aliphatic hydroxyl groups excluding tert-OH is 1. The number of rotatable bonds is 13. The van der Waals surface area contributed by atoms with Crippen LogP contribution in [0.5, 0.6) is 0 Å². The first-order valence-corrected chi connectivity index (χ1v) is 11.2. The third kappa shape index (κ3) is 7.99. The Morgan fingerprint density at radius 2 is 1.72 bits per heavy atom. The van der Waals surface area contributed by atoms with Crippen molar-refractivity contribution in [3.63, 3.8) is 0 Å². The van der Waals surface area contributed by atoms with Crippen LogP contribution in [0.1, 0.15) is 64.9 Å². The second kappa shape index (κ2) is 13.3. The fraction of sp³-hybridized carbons (Fsp3) is 0.750. The molecule has 1 aliphatic rings. The van der Waals surface area contributed by atoms with Gasteiger partial charge < -0.3 is 24.1 Å². The fourth-order valence-electron chi connectivity index (χ4n) is 3.84. The van der Waals surface area contributed by atoms with E-state index in [9.17, 15) is 5.11 Å². The van der Waals surface area contributed by atoms with Crippen molar-refractivity contribution in [3.05, 3.63) is 35.9 Å². The zero-order chi connectivity index (χ0) is 21.1. The Morgan fingerprint density at radius 1 is 1.00 bits per heavy atom. The van der Waals surface area contributed by atoms with Gasteiger partial charge in [0.25, 0.3) is 0 Å². The lowest BCUT2D eigenvalue weighted by Crippen LogP contribution is -2.60. The second-order valence-corrected chi connectivity index (χ2v) is 8.41. The average Bonchev–Trinajstić information content (AvgIpc) is 2.71. The molecule has 1 aromatic rings. The Labute approximate surface area is 176 Å². The predicted molar refractivity (Wildman–Crippen MR) is 115 cm³/mol. The minimum Gasteiger partial charge on any atom is -0.385 e. The Balaban J connectivity index is 1.99. The summed E-state index contributed by atoms with van der Waals surface area (Å²) in [7, 11) is 1.66. The number of hydrogen-bond donors (Lipinski definition) is 1. The van der Waals surface area contributed by atoms with E-state index >= 15 is 0 Å². The van der Waals surface area contributed by atoms with Crippen molar-refractivity contribution in [2.45, 2.75) is 96.6 Å². The summed E-state index contributed by atoms with van der Waals surface area (Å²) in [5.41, 5.74) is 1.05. The molecule has 0 amide bonds. The summed E-state index contributed by atoms with van der Waals surface area (Å²) in [6.07, 6.45) is 4.13. The summed E-state index contributed by atoms with van der Waals surface area (Å²) < 4.78 is 24.0. The highest BCUT2D eigenvalue weighted by molar-refractivity contribution is 5.13. The van der Waals surface area contributed by atoms with E-state index in [0.29, 0.717) is 19.1 Å². The third-order valence-corrected chi connectivity index (χ3v) is 5.41. The largest absolute Gasteiger partial charge is 0.385 e. The first kappa shape index (κ1) is 24.3. The number of aliphatic hydroxyl groups is 1. The zero-order valence-corrected chi connectivity index (χ0v) is 18.6. The Kier molecular flexibility index (Phi) is 11.2. The summed E-state index contributed by atoms with van der Waals surface area (Å²) in [5.74, 6) is 0.442. The van der Waals surface area contributed by atoms with Crippen LogP contribution in [0.4, 0.5) is 0 Å². The van der Waals surface area contributed by atoms with Crippen molar-refractivity contribution in [3.8, 4) is 0 Å². The minimum atomic E-state index is -0.886. The molecule has 29 heavy (non-hydrogen) atoms. The maximum absolute atomic E-state index is 10.9. The smallest absolute Gasteiger partial charge is 0.186 e. The maximum atomic E-state index is 10.9. The molecule has 5 heteroatoms. The van der Waals surface area contributed by atoms with E-state index in [0.717, 1.165) is 24.8 Å². The number of ether oxygens (including phenoxy) is 4. The third-order valence-electron chi connectivity index (χ3n) is 5.41. The van der Waals surface area contributed by atoms with E-state index in [1.54, 1.807) is 7.11 Å². The van der Waals surface area contributed by atoms with Crippen LogP contribution in [0.2, 0.25) is 0 Å². The zero-order valence-electron chi connectivity index (χ0n) is 18.6. The summed E-state index contributed by atoms with van der Waals surface area (Å²) in [6.45, 7) is 7.53. The molecule has 1 saturated heterocycles. The van der Waals surface area contributed by atoms with Crippen LogP contribution in [0.15, 0.2) is 30.3 Å². The van der Waals surface area contributed by atoms with Crippen LogP contribution in [0, 0.1) is 5.92 Å². The number of benzene rings is 1. The van der Waals surface area contributed by atoms with Crippen LogP contribution in [-0.4, -0.2) is 49.5 Å². The molecule has 0 aliphatic carbocycles. The van der Waals surface area contributed by atoms with E-state index < -0.39 is 18.5 Å². The Morgan fingerprint density at radius 3 is 2.38 bits per heavy atom. The molecule has 1 N–H and O–H groups in total. The van der Waals surface area contributed by atoms with Gasteiger partial charge in [-0.3, -0.25) is 0 Å². The van der Waals surface area contributed by atoms with E-state index in [1.807, 2.05) is 30.3 Å². The summed E-state index contributed by atoms with van der Waals surface area (Å²) >= 11 is 0. The van der Waals surface area contributed by atoms with Gasteiger partial charge in [-0.15, -0.1) is 0 Å². The Hall–Kier alpha value is -0.980. The highest BCUT2D eigenvalue weighted by Crippen LogP contribution is 2.30. The van der Waals surface area contributed by atoms with Gasteiger partial charge in [-0.2, -0.15) is 0 Å². The van der Waals surface area contributed by atoms with Crippen molar-refractivity contribution < 1.29 is 24.1 Å². The molecule has 1 fully saturated rings. The highest BCUT2D eigenvalue weighted by Gasteiger charge is 2.46. The van der Waals surface area contributed by atoms with Crippen molar-refractivity contribution in [2.75, 3.05) is 13.7 Å². The second-order valence-electron chi connectivity index (χ2n) is 8.41. The first-order chi connectivity index (χ1) is 14.1. The van der Waals surface area contributed by atoms with Crippen LogP contribution < -0.4 is 0 Å². The lowest BCUT2D eigenvalue weighted by molar-refractivity contribution is -0.311. The predicted octanol–water partition coefficient (Wildman–Crippen LogP) is 4.71. The molecule has 1 heterocycles. The van der Waals surface area contributed by atoms with Gasteiger partial charge in [-0.1, -0.05) is 76.8 Å². The van der Waals surface area contributed by atoms with E-state index in [2.05, 4.69) is 20.8 Å². The van der Waals surface area contributed by atoms with Gasteiger partial charge in [0.1, 0.15) is 18.3 Å². The van der Waals surface area contributed by atoms with Gasteiger partial charge in [0.15, 0.2) is 6.29 Å².